The molecule has 0 radical (unpaired) electrons. The van der Waals surface area contributed by atoms with E-state index in [0.717, 1.165) is 21.9 Å². The highest BCUT2D eigenvalue weighted by Crippen LogP contribution is 2.28. The third-order valence-electron chi connectivity index (χ3n) is 3.68. The summed E-state index contributed by atoms with van der Waals surface area (Å²) in [6, 6.07) is 5.63. The Balaban J connectivity index is 2.47. The number of rotatable bonds is 9. The number of amides is 1. The average molecular weight is 435 g/mol. The Morgan fingerprint density at radius 1 is 1.32 bits per heavy atom. The van der Waals surface area contributed by atoms with Crippen LogP contribution in [-0.2, 0) is 4.79 Å². The van der Waals surface area contributed by atoms with Crippen molar-refractivity contribution in [1.82, 2.24) is 5.32 Å². The van der Waals surface area contributed by atoms with Crippen LogP contribution in [0.3, 0.4) is 0 Å². The van der Waals surface area contributed by atoms with Gasteiger partial charge in [-0.3, -0.25) is 4.79 Å². The molecule has 0 saturated heterocycles. The SMILES string of the molecule is CCCC[C@H](CC)CNC(=O)[C@H](C)Oc1ccc(Br)cc1Br. The van der Waals surface area contributed by atoms with E-state index in [9.17, 15) is 4.79 Å². The Hall–Kier alpha value is -0.550. The van der Waals surface area contributed by atoms with Gasteiger partial charge in [0.05, 0.1) is 4.47 Å². The second-order valence-corrected chi connectivity index (χ2v) is 7.27. The van der Waals surface area contributed by atoms with Crippen LogP contribution in [0.25, 0.3) is 0 Å². The molecule has 22 heavy (non-hydrogen) atoms. The standard InChI is InChI=1S/C17H25Br2NO2/c1-4-6-7-13(5-2)11-20-17(21)12(3)22-16-9-8-14(18)10-15(16)19/h8-10,12-13H,4-7,11H2,1-3H3,(H,20,21)/t12-,13-/m0/s1. The predicted molar refractivity (Wildman–Crippen MR) is 98.2 cm³/mol. The monoisotopic (exact) mass is 433 g/mol. The Morgan fingerprint density at radius 2 is 2.05 bits per heavy atom. The van der Waals surface area contributed by atoms with E-state index in [1.54, 1.807) is 6.92 Å². The topological polar surface area (TPSA) is 38.3 Å². The van der Waals surface area contributed by atoms with E-state index in [-0.39, 0.29) is 5.91 Å². The van der Waals surface area contributed by atoms with Gasteiger partial charge in [0.1, 0.15) is 5.75 Å². The van der Waals surface area contributed by atoms with Crippen LogP contribution in [0, 0.1) is 5.92 Å². The van der Waals surface area contributed by atoms with E-state index in [1.165, 1.54) is 19.3 Å². The number of nitrogens with one attached hydrogen (secondary N) is 1. The summed E-state index contributed by atoms with van der Waals surface area (Å²) in [7, 11) is 0. The number of halogens is 2. The maximum Gasteiger partial charge on any atom is 0.260 e. The molecule has 124 valence electrons. The van der Waals surface area contributed by atoms with E-state index in [4.69, 9.17) is 4.74 Å². The van der Waals surface area contributed by atoms with E-state index in [1.807, 2.05) is 18.2 Å². The second-order valence-electron chi connectivity index (χ2n) is 5.50. The Morgan fingerprint density at radius 3 is 2.64 bits per heavy atom. The number of hydrogen-bond acceptors (Lipinski definition) is 2. The van der Waals surface area contributed by atoms with Crippen LogP contribution in [0.5, 0.6) is 5.75 Å². The first-order valence-corrected chi connectivity index (χ1v) is 9.45. The van der Waals surface area contributed by atoms with Crippen molar-refractivity contribution in [1.29, 1.82) is 0 Å². The molecule has 3 nitrogen and oxygen atoms in total. The predicted octanol–water partition coefficient (Wildman–Crippen LogP) is 5.31. The third kappa shape index (κ3) is 6.69. The molecule has 1 aromatic carbocycles. The minimum Gasteiger partial charge on any atom is -0.480 e. The highest BCUT2D eigenvalue weighted by molar-refractivity contribution is 9.11. The molecule has 0 aliphatic carbocycles. The summed E-state index contributed by atoms with van der Waals surface area (Å²) >= 11 is 6.84. The molecule has 0 aliphatic rings. The molecule has 0 aromatic heterocycles. The molecule has 5 heteroatoms. The van der Waals surface area contributed by atoms with E-state index >= 15 is 0 Å². The number of carbonyl (C=O) groups is 1. The average Bonchev–Trinajstić information content (AvgIpc) is 2.49. The third-order valence-corrected chi connectivity index (χ3v) is 4.79. The summed E-state index contributed by atoms with van der Waals surface area (Å²) in [5, 5.41) is 3.00. The normalized spacial score (nSPS) is 13.5. The van der Waals surface area contributed by atoms with Gasteiger partial charge in [0.15, 0.2) is 6.10 Å². The highest BCUT2D eigenvalue weighted by Gasteiger charge is 2.17. The van der Waals surface area contributed by atoms with Gasteiger partial charge in [0.25, 0.3) is 5.91 Å². The largest absolute Gasteiger partial charge is 0.480 e. The first kappa shape index (κ1) is 19.5. The lowest BCUT2D eigenvalue weighted by molar-refractivity contribution is -0.127. The van der Waals surface area contributed by atoms with E-state index < -0.39 is 6.10 Å². The summed E-state index contributed by atoms with van der Waals surface area (Å²) in [5.74, 6) is 1.16. The van der Waals surface area contributed by atoms with Crippen LogP contribution >= 0.6 is 31.9 Å². The van der Waals surface area contributed by atoms with Gasteiger partial charge in [-0.15, -0.1) is 0 Å². The molecule has 0 fully saturated rings. The summed E-state index contributed by atoms with van der Waals surface area (Å²) < 4.78 is 7.52. The van der Waals surface area contributed by atoms with Gasteiger partial charge in [0, 0.05) is 11.0 Å². The maximum absolute atomic E-state index is 12.2. The number of hydrogen-bond donors (Lipinski definition) is 1. The van der Waals surface area contributed by atoms with Gasteiger partial charge < -0.3 is 10.1 Å². The minimum absolute atomic E-state index is 0.0650. The van der Waals surface area contributed by atoms with E-state index in [2.05, 4.69) is 51.0 Å². The summed E-state index contributed by atoms with van der Waals surface area (Å²) in [6.07, 6.45) is 4.16. The van der Waals surface area contributed by atoms with Gasteiger partial charge in [0.2, 0.25) is 0 Å². The zero-order valence-electron chi connectivity index (χ0n) is 13.5. The molecule has 1 N–H and O–H groups in total. The lowest BCUT2D eigenvalue weighted by Crippen LogP contribution is -2.38. The maximum atomic E-state index is 12.2. The van der Waals surface area contributed by atoms with Crippen molar-refractivity contribution in [2.24, 2.45) is 5.92 Å². The Labute approximate surface area is 150 Å². The van der Waals surface area contributed by atoms with Crippen molar-refractivity contribution in [3.05, 3.63) is 27.1 Å². The van der Waals surface area contributed by atoms with Gasteiger partial charge >= 0.3 is 0 Å². The molecule has 1 amide bonds. The molecular formula is C17H25Br2NO2. The lowest BCUT2D eigenvalue weighted by Gasteiger charge is -2.19. The van der Waals surface area contributed by atoms with Crippen LogP contribution < -0.4 is 10.1 Å². The molecule has 0 unspecified atom stereocenters. The van der Waals surface area contributed by atoms with Gasteiger partial charge in [-0.2, -0.15) is 0 Å². The second kappa shape index (κ2) is 10.3. The summed E-state index contributed by atoms with van der Waals surface area (Å²) in [4.78, 5) is 12.2. The molecule has 1 rings (SSSR count). The molecule has 0 heterocycles. The lowest BCUT2D eigenvalue weighted by atomic mass is 9.99. The number of carbonyl (C=O) groups excluding carboxylic acids is 1. The number of unbranched alkanes of at least 4 members (excludes halogenated alkanes) is 1. The smallest absolute Gasteiger partial charge is 0.260 e. The molecule has 2 atom stereocenters. The summed E-state index contributed by atoms with van der Waals surface area (Å²) in [6.45, 7) is 6.87. The van der Waals surface area contributed by atoms with Crippen molar-refractivity contribution >= 4 is 37.8 Å². The van der Waals surface area contributed by atoms with Crippen molar-refractivity contribution in [2.75, 3.05) is 6.54 Å². The van der Waals surface area contributed by atoms with E-state index in [0.29, 0.717) is 11.7 Å². The van der Waals surface area contributed by atoms with Crippen LogP contribution in [0.2, 0.25) is 0 Å². The van der Waals surface area contributed by atoms with Gasteiger partial charge in [-0.1, -0.05) is 49.0 Å². The van der Waals surface area contributed by atoms with Crippen molar-refractivity contribution in [3.8, 4) is 5.75 Å². The van der Waals surface area contributed by atoms with Crippen LogP contribution in [-0.4, -0.2) is 18.6 Å². The number of ether oxygens (including phenoxy) is 1. The zero-order chi connectivity index (χ0) is 16.5. The molecule has 0 aliphatic heterocycles. The summed E-state index contributed by atoms with van der Waals surface area (Å²) in [5.41, 5.74) is 0. The molecular weight excluding hydrogens is 410 g/mol. The Kier molecular flexibility index (Phi) is 9.10. The highest BCUT2D eigenvalue weighted by atomic mass is 79.9. The fourth-order valence-electron chi connectivity index (χ4n) is 2.15. The van der Waals surface area contributed by atoms with Crippen LogP contribution in [0.4, 0.5) is 0 Å². The molecule has 1 aromatic rings. The first-order valence-electron chi connectivity index (χ1n) is 7.87. The van der Waals surface area contributed by atoms with Crippen LogP contribution in [0.1, 0.15) is 46.5 Å². The van der Waals surface area contributed by atoms with Crippen molar-refractivity contribution in [3.63, 3.8) is 0 Å². The fraction of sp³-hybridized carbons (Fsp3) is 0.588. The zero-order valence-corrected chi connectivity index (χ0v) is 16.7. The fourth-order valence-corrected chi connectivity index (χ4v) is 3.29. The quantitative estimate of drug-likeness (QED) is 0.571. The Bertz CT molecular complexity index is 480. The molecule has 0 bridgehead atoms. The minimum atomic E-state index is -0.513. The van der Waals surface area contributed by atoms with Gasteiger partial charge in [-0.25, -0.2) is 0 Å². The van der Waals surface area contributed by atoms with Gasteiger partial charge in [-0.05, 0) is 53.4 Å². The molecule has 0 spiro atoms. The first-order chi connectivity index (χ1) is 10.5. The van der Waals surface area contributed by atoms with Crippen molar-refractivity contribution in [2.45, 2.75) is 52.6 Å². The van der Waals surface area contributed by atoms with Crippen molar-refractivity contribution < 1.29 is 9.53 Å². The van der Waals surface area contributed by atoms with Crippen LogP contribution in [0.15, 0.2) is 27.1 Å². The molecule has 0 saturated carbocycles. The number of benzene rings is 1.